The van der Waals surface area contributed by atoms with E-state index < -0.39 is 21.7 Å². The highest BCUT2D eigenvalue weighted by Gasteiger charge is 2.20. The lowest BCUT2D eigenvalue weighted by Crippen LogP contribution is -2.12. The Labute approximate surface area is 135 Å². The maximum absolute atomic E-state index is 13.6. The normalized spacial score (nSPS) is 11.6. The van der Waals surface area contributed by atoms with E-state index in [1.807, 2.05) is 6.92 Å². The number of aromatic amines is 1. The number of halogens is 2. The van der Waals surface area contributed by atoms with Crippen LogP contribution >= 0.6 is 11.3 Å². The maximum Gasteiger partial charge on any atom is 0.271 e. The van der Waals surface area contributed by atoms with Gasteiger partial charge in [0.05, 0.1) is 10.6 Å². The van der Waals surface area contributed by atoms with Gasteiger partial charge in [0, 0.05) is 11.8 Å². The van der Waals surface area contributed by atoms with Crippen LogP contribution in [-0.4, -0.2) is 18.6 Å². The number of sulfonamides is 1. The molecule has 23 heavy (non-hydrogen) atoms. The molecule has 2 aromatic heterocycles. The van der Waals surface area contributed by atoms with Crippen molar-refractivity contribution in [3.63, 3.8) is 0 Å². The summed E-state index contributed by atoms with van der Waals surface area (Å²) in [7, 11) is -3.96. The van der Waals surface area contributed by atoms with E-state index >= 15 is 0 Å². The molecular formula is C14H11F2N3O2S2. The Morgan fingerprint density at radius 1 is 1.17 bits per heavy atom. The summed E-state index contributed by atoms with van der Waals surface area (Å²) < 4.78 is 53.2. The molecular weight excluding hydrogens is 344 g/mol. The van der Waals surface area contributed by atoms with Crippen molar-refractivity contribution in [2.24, 2.45) is 0 Å². The summed E-state index contributed by atoms with van der Waals surface area (Å²) in [5.41, 5.74) is 1.17. The lowest BCUT2D eigenvalue weighted by atomic mass is 10.3. The first kappa shape index (κ1) is 15.6. The monoisotopic (exact) mass is 355 g/mol. The van der Waals surface area contributed by atoms with Crippen LogP contribution in [0.4, 0.5) is 14.5 Å². The number of nitrogens with one attached hydrogen (secondary N) is 2. The number of anilines is 1. The van der Waals surface area contributed by atoms with Crippen molar-refractivity contribution in [2.75, 3.05) is 4.72 Å². The van der Waals surface area contributed by atoms with Crippen molar-refractivity contribution in [3.8, 4) is 10.6 Å². The van der Waals surface area contributed by atoms with E-state index in [4.69, 9.17) is 0 Å². The summed E-state index contributed by atoms with van der Waals surface area (Å²) in [4.78, 5) is 0.661. The lowest BCUT2D eigenvalue weighted by Gasteiger charge is -2.07. The summed E-state index contributed by atoms with van der Waals surface area (Å²) in [6, 6.07) is 7.45. The van der Waals surface area contributed by atoms with E-state index in [1.54, 1.807) is 12.1 Å². The van der Waals surface area contributed by atoms with E-state index in [9.17, 15) is 17.2 Å². The van der Waals surface area contributed by atoms with Crippen LogP contribution < -0.4 is 4.72 Å². The van der Waals surface area contributed by atoms with Crippen LogP contribution in [0.15, 0.2) is 40.6 Å². The zero-order chi connectivity index (χ0) is 16.6. The first-order valence-electron chi connectivity index (χ1n) is 6.45. The van der Waals surface area contributed by atoms with Crippen molar-refractivity contribution in [2.45, 2.75) is 11.1 Å². The van der Waals surface area contributed by atoms with Gasteiger partial charge in [0.15, 0.2) is 0 Å². The first-order valence-corrected chi connectivity index (χ1v) is 8.75. The van der Waals surface area contributed by atoms with E-state index in [-0.39, 0.29) is 9.90 Å². The van der Waals surface area contributed by atoms with Crippen LogP contribution in [0.2, 0.25) is 0 Å². The van der Waals surface area contributed by atoms with Crippen LogP contribution in [0.5, 0.6) is 0 Å². The summed E-state index contributed by atoms with van der Waals surface area (Å²) in [6.07, 6.45) is 0. The van der Waals surface area contributed by atoms with E-state index in [0.717, 1.165) is 29.2 Å². The van der Waals surface area contributed by atoms with Gasteiger partial charge in [-0.15, -0.1) is 11.3 Å². The predicted molar refractivity (Wildman–Crippen MR) is 83.8 cm³/mol. The number of thiophene rings is 1. The second-order valence-corrected chi connectivity index (χ2v) is 7.78. The Hall–Kier alpha value is -2.26. The molecule has 2 heterocycles. The molecule has 120 valence electrons. The molecule has 0 aliphatic heterocycles. The van der Waals surface area contributed by atoms with Crippen LogP contribution in [0.1, 0.15) is 5.69 Å². The molecule has 0 saturated heterocycles. The quantitative estimate of drug-likeness (QED) is 0.752. The molecule has 5 nitrogen and oxygen atoms in total. The molecule has 0 saturated carbocycles. The fourth-order valence-electron chi connectivity index (χ4n) is 1.91. The number of rotatable bonds is 4. The van der Waals surface area contributed by atoms with Crippen LogP contribution in [0, 0.1) is 18.6 Å². The number of H-pyrrole nitrogens is 1. The fraction of sp³-hybridized carbons (Fsp3) is 0.0714. The predicted octanol–water partition coefficient (Wildman–Crippen LogP) is 3.53. The third-order valence-electron chi connectivity index (χ3n) is 2.98. The summed E-state index contributed by atoms with van der Waals surface area (Å²) in [5.74, 6) is -1.76. The Morgan fingerprint density at radius 3 is 2.61 bits per heavy atom. The minimum atomic E-state index is -3.96. The van der Waals surface area contributed by atoms with Gasteiger partial charge in [-0.3, -0.25) is 9.82 Å². The SMILES string of the molecule is Cc1cc(-c2ccc(S(=O)(=O)Nc3ccc(F)cc3F)s2)n[nH]1. The van der Waals surface area contributed by atoms with Gasteiger partial charge in [0.1, 0.15) is 21.5 Å². The van der Waals surface area contributed by atoms with Gasteiger partial charge in [-0.25, -0.2) is 17.2 Å². The maximum atomic E-state index is 13.6. The van der Waals surface area contributed by atoms with Crippen LogP contribution in [0.25, 0.3) is 10.6 Å². The summed E-state index contributed by atoms with van der Waals surface area (Å²) in [6.45, 7) is 1.83. The zero-order valence-electron chi connectivity index (χ0n) is 11.8. The molecule has 0 radical (unpaired) electrons. The second kappa shape index (κ2) is 5.74. The molecule has 3 aromatic rings. The van der Waals surface area contributed by atoms with Crippen molar-refractivity contribution < 1.29 is 17.2 Å². The summed E-state index contributed by atoms with van der Waals surface area (Å²) >= 11 is 1.01. The number of nitrogens with zero attached hydrogens (tertiary/aromatic N) is 1. The lowest BCUT2D eigenvalue weighted by molar-refractivity contribution is 0.583. The largest absolute Gasteiger partial charge is 0.282 e. The standard InChI is InChI=1S/C14H11F2N3O2S2/c1-8-6-12(18-17-8)13-4-5-14(22-13)23(20,21)19-11-3-2-9(15)7-10(11)16/h2-7,19H,1H3,(H,17,18). The molecule has 0 atom stereocenters. The molecule has 0 aliphatic carbocycles. The Balaban J connectivity index is 1.89. The number of aromatic nitrogens is 2. The molecule has 2 N–H and O–H groups in total. The Morgan fingerprint density at radius 2 is 1.96 bits per heavy atom. The van der Waals surface area contributed by atoms with Crippen molar-refractivity contribution >= 4 is 27.0 Å². The third-order valence-corrected chi connectivity index (χ3v) is 5.95. The molecule has 0 fully saturated rings. The minimum absolute atomic E-state index is 0.0110. The number of hydrogen-bond acceptors (Lipinski definition) is 4. The molecule has 3 rings (SSSR count). The van der Waals surface area contributed by atoms with Crippen molar-refractivity contribution in [1.82, 2.24) is 10.2 Å². The molecule has 0 aliphatic rings. The highest BCUT2D eigenvalue weighted by molar-refractivity contribution is 7.94. The third kappa shape index (κ3) is 3.25. The Bertz CT molecular complexity index is 964. The molecule has 0 amide bonds. The molecule has 1 aromatic carbocycles. The number of benzene rings is 1. The van der Waals surface area contributed by atoms with Gasteiger partial charge in [-0.2, -0.15) is 5.10 Å². The van der Waals surface area contributed by atoms with Gasteiger partial charge in [-0.1, -0.05) is 0 Å². The minimum Gasteiger partial charge on any atom is -0.282 e. The molecule has 0 spiro atoms. The smallest absolute Gasteiger partial charge is 0.271 e. The molecule has 0 unspecified atom stereocenters. The summed E-state index contributed by atoms with van der Waals surface area (Å²) in [5, 5.41) is 6.83. The first-order chi connectivity index (χ1) is 10.8. The van der Waals surface area contributed by atoms with E-state index in [0.29, 0.717) is 16.6 Å². The van der Waals surface area contributed by atoms with Crippen LogP contribution in [-0.2, 0) is 10.0 Å². The molecule has 0 bridgehead atoms. The molecule has 9 heteroatoms. The van der Waals surface area contributed by atoms with Gasteiger partial charge >= 0.3 is 0 Å². The Kier molecular flexibility index (Phi) is 3.90. The average molecular weight is 355 g/mol. The zero-order valence-corrected chi connectivity index (χ0v) is 13.4. The van der Waals surface area contributed by atoms with E-state index in [1.165, 1.54) is 6.07 Å². The van der Waals surface area contributed by atoms with E-state index in [2.05, 4.69) is 14.9 Å². The van der Waals surface area contributed by atoms with Gasteiger partial charge < -0.3 is 0 Å². The number of hydrogen-bond donors (Lipinski definition) is 2. The average Bonchev–Trinajstić information content (AvgIpc) is 3.10. The fourth-order valence-corrected chi connectivity index (χ4v) is 4.25. The van der Waals surface area contributed by atoms with Crippen molar-refractivity contribution in [1.29, 1.82) is 0 Å². The number of aryl methyl sites for hydroxylation is 1. The van der Waals surface area contributed by atoms with Crippen LogP contribution in [0.3, 0.4) is 0 Å². The van der Waals surface area contributed by atoms with Gasteiger partial charge in [0.2, 0.25) is 0 Å². The van der Waals surface area contributed by atoms with Gasteiger partial charge in [-0.05, 0) is 37.3 Å². The van der Waals surface area contributed by atoms with Crippen molar-refractivity contribution in [3.05, 3.63) is 53.7 Å². The second-order valence-electron chi connectivity index (χ2n) is 4.78. The highest BCUT2D eigenvalue weighted by atomic mass is 32.2. The van der Waals surface area contributed by atoms with Gasteiger partial charge in [0.25, 0.3) is 10.0 Å². The topological polar surface area (TPSA) is 74.8 Å². The highest BCUT2D eigenvalue weighted by Crippen LogP contribution is 2.31.